The fraction of sp³-hybridized carbons (Fsp3) is 0.263. The molecule has 0 saturated carbocycles. The third kappa shape index (κ3) is 3.54. The van der Waals surface area contributed by atoms with E-state index in [0.29, 0.717) is 41.2 Å². The van der Waals surface area contributed by atoms with Crippen LogP contribution in [0.2, 0.25) is 0 Å². The Labute approximate surface area is 154 Å². The van der Waals surface area contributed by atoms with Crippen LogP contribution in [0.15, 0.2) is 45.7 Å². The molecule has 0 atom stereocenters. The number of fused-ring (bicyclic) bond motifs is 1. The van der Waals surface area contributed by atoms with Gasteiger partial charge in [-0.25, -0.2) is 4.98 Å². The van der Waals surface area contributed by atoms with E-state index in [4.69, 9.17) is 9.47 Å². The molecule has 130 valence electrons. The zero-order valence-corrected chi connectivity index (χ0v) is 16.0. The minimum atomic E-state index is -0.0238. The maximum Gasteiger partial charge on any atom is 0.261 e. The van der Waals surface area contributed by atoms with Crippen LogP contribution in [0.1, 0.15) is 11.4 Å². The average Bonchev–Trinajstić information content (AvgIpc) is 2.62. The summed E-state index contributed by atoms with van der Waals surface area (Å²) in [7, 11) is 3.22. The average molecular weight is 403 g/mol. The van der Waals surface area contributed by atoms with Crippen LogP contribution in [-0.4, -0.2) is 23.8 Å². The van der Waals surface area contributed by atoms with Gasteiger partial charge in [-0.15, -0.1) is 0 Å². The second-order valence-electron chi connectivity index (χ2n) is 5.72. The van der Waals surface area contributed by atoms with Gasteiger partial charge in [0.25, 0.3) is 5.56 Å². The van der Waals surface area contributed by atoms with Crippen molar-refractivity contribution in [2.24, 2.45) is 0 Å². The molecule has 0 N–H and O–H groups in total. The van der Waals surface area contributed by atoms with Crippen molar-refractivity contribution in [2.75, 3.05) is 14.2 Å². The van der Waals surface area contributed by atoms with Crippen molar-refractivity contribution in [3.05, 3.63) is 62.6 Å². The molecule has 0 amide bonds. The van der Waals surface area contributed by atoms with Crippen molar-refractivity contribution < 1.29 is 9.47 Å². The molecule has 0 aliphatic rings. The first-order valence-corrected chi connectivity index (χ1v) is 8.70. The summed E-state index contributed by atoms with van der Waals surface area (Å²) in [6.07, 6.45) is 0.697. The third-order valence-corrected chi connectivity index (χ3v) is 4.67. The summed E-state index contributed by atoms with van der Waals surface area (Å²) in [6, 6.07) is 11.3. The van der Waals surface area contributed by atoms with Gasteiger partial charge in [-0.2, -0.15) is 0 Å². The van der Waals surface area contributed by atoms with Crippen LogP contribution in [0.4, 0.5) is 0 Å². The molecule has 3 rings (SSSR count). The number of nitrogens with zero attached hydrogens (tertiary/aromatic N) is 2. The summed E-state index contributed by atoms with van der Waals surface area (Å²) in [6.45, 7) is 2.41. The van der Waals surface area contributed by atoms with Crippen molar-refractivity contribution in [2.45, 2.75) is 19.9 Å². The highest BCUT2D eigenvalue weighted by Crippen LogP contribution is 2.27. The Balaban J connectivity index is 1.92. The van der Waals surface area contributed by atoms with Gasteiger partial charge in [-0.05, 0) is 49.2 Å². The lowest BCUT2D eigenvalue weighted by molar-refractivity contribution is 0.354. The van der Waals surface area contributed by atoms with Crippen LogP contribution in [0.3, 0.4) is 0 Å². The van der Waals surface area contributed by atoms with E-state index in [0.717, 1.165) is 10.0 Å². The number of methoxy groups -OCH3 is 2. The molecule has 5 nitrogen and oxygen atoms in total. The van der Waals surface area contributed by atoms with E-state index in [2.05, 4.69) is 20.9 Å². The topological polar surface area (TPSA) is 53.4 Å². The lowest BCUT2D eigenvalue weighted by Crippen LogP contribution is -2.24. The van der Waals surface area contributed by atoms with Gasteiger partial charge in [0.15, 0.2) is 11.5 Å². The molecule has 25 heavy (non-hydrogen) atoms. The molecular weight excluding hydrogens is 384 g/mol. The van der Waals surface area contributed by atoms with E-state index in [1.807, 2.05) is 43.3 Å². The van der Waals surface area contributed by atoms with Crippen molar-refractivity contribution in [3.63, 3.8) is 0 Å². The maximum absolute atomic E-state index is 12.8. The van der Waals surface area contributed by atoms with E-state index in [1.165, 1.54) is 0 Å². The lowest BCUT2D eigenvalue weighted by atomic mass is 10.1. The predicted molar refractivity (Wildman–Crippen MR) is 102 cm³/mol. The number of aromatic nitrogens is 2. The van der Waals surface area contributed by atoms with E-state index in [-0.39, 0.29) is 5.56 Å². The van der Waals surface area contributed by atoms with Gasteiger partial charge in [0, 0.05) is 11.0 Å². The molecule has 0 aliphatic carbocycles. The summed E-state index contributed by atoms with van der Waals surface area (Å²) < 4.78 is 13.2. The minimum Gasteiger partial charge on any atom is -0.493 e. The zero-order valence-electron chi connectivity index (χ0n) is 14.4. The standard InChI is InChI=1S/C19H19BrN2O3/c1-12-21-16-6-5-14(20)11-15(16)19(23)22(12)9-8-13-4-7-17(24-2)18(10-13)25-3/h4-7,10-11H,8-9H2,1-3H3. The number of hydrogen-bond acceptors (Lipinski definition) is 4. The molecule has 2 aromatic carbocycles. The molecular formula is C19H19BrN2O3. The highest BCUT2D eigenvalue weighted by molar-refractivity contribution is 9.10. The number of hydrogen-bond donors (Lipinski definition) is 0. The molecule has 0 saturated heterocycles. The molecule has 0 aliphatic heterocycles. The van der Waals surface area contributed by atoms with E-state index in [9.17, 15) is 4.79 Å². The SMILES string of the molecule is COc1ccc(CCn2c(C)nc3ccc(Br)cc3c2=O)cc1OC. The van der Waals surface area contributed by atoms with Gasteiger partial charge in [-0.1, -0.05) is 22.0 Å². The summed E-state index contributed by atoms with van der Waals surface area (Å²) in [4.78, 5) is 17.4. The lowest BCUT2D eigenvalue weighted by Gasteiger charge is -2.12. The van der Waals surface area contributed by atoms with Crippen molar-refractivity contribution in [3.8, 4) is 11.5 Å². The molecule has 0 unspecified atom stereocenters. The number of aryl methyl sites for hydroxylation is 2. The molecule has 0 fully saturated rings. The van der Waals surface area contributed by atoms with Gasteiger partial charge in [-0.3, -0.25) is 9.36 Å². The Morgan fingerprint density at radius 1 is 1.08 bits per heavy atom. The largest absolute Gasteiger partial charge is 0.493 e. The summed E-state index contributed by atoms with van der Waals surface area (Å²) >= 11 is 3.41. The van der Waals surface area contributed by atoms with Gasteiger partial charge in [0.05, 0.1) is 25.1 Å². The Morgan fingerprint density at radius 3 is 2.56 bits per heavy atom. The monoisotopic (exact) mass is 402 g/mol. The minimum absolute atomic E-state index is 0.0238. The molecule has 1 heterocycles. The van der Waals surface area contributed by atoms with Crippen molar-refractivity contribution >= 4 is 26.8 Å². The second-order valence-corrected chi connectivity index (χ2v) is 6.63. The first kappa shape index (κ1) is 17.5. The fourth-order valence-electron chi connectivity index (χ4n) is 2.84. The quantitative estimate of drug-likeness (QED) is 0.652. The number of halogens is 1. The number of benzene rings is 2. The molecule has 6 heteroatoms. The van der Waals surface area contributed by atoms with Crippen molar-refractivity contribution in [1.29, 1.82) is 0 Å². The zero-order chi connectivity index (χ0) is 18.0. The van der Waals surface area contributed by atoms with E-state index >= 15 is 0 Å². The van der Waals surface area contributed by atoms with Crippen LogP contribution in [-0.2, 0) is 13.0 Å². The van der Waals surface area contributed by atoms with Crippen LogP contribution in [0, 0.1) is 6.92 Å². The molecule has 3 aromatic rings. The summed E-state index contributed by atoms with van der Waals surface area (Å²) in [5.41, 5.74) is 1.76. The van der Waals surface area contributed by atoms with E-state index < -0.39 is 0 Å². The van der Waals surface area contributed by atoms with Gasteiger partial charge in [0.2, 0.25) is 0 Å². The van der Waals surface area contributed by atoms with Gasteiger partial charge in [0.1, 0.15) is 5.82 Å². The maximum atomic E-state index is 12.8. The molecule has 0 spiro atoms. The van der Waals surface area contributed by atoms with Crippen LogP contribution in [0.25, 0.3) is 10.9 Å². The first-order valence-electron chi connectivity index (χ1n) is 7.91. The first-order chi connectivity index (χ1) is 12.0. The molecule has 1 aromatic heterocycles. The third-order valence-electron chi connectivity index (χ3n) is 4.18. The van der Waals surface area contributed by atoms with Gasteiger partial charge >= 0.3 is 0 Å². The smallest absolute Gasteiger partial charge is 0.261 e. The summed E-state index contributed by atoms with van der Waals surface area (Å²) in [5.74, 6) is 2.08. The highest BCUT2D eigenvalue weighted by atomic mass is 79.9. The van der Waals surface area contributed by atoms with Crippen LogP contribution < -0.4 is 15.0 Å². The second kappa shape index (κ2) is 7.27. The van der Waals surface area contributed by atoms with Gasteiger partial charge < -0.3 is 9.47 Å². The van der Waals surface area contributed by atoms with E-state index in [1.54, 1.807) is 18.8 Å². The molecule has 0 bridgehead atoms. The number of ether oxygens (including phenoxy) is 2. The highest BCUT2D eigenvalue weighted by Gasteiger charge is 2.10. The van der Waals surface area contributed by atoms with Crippen LogP contribution >= 0.6 is 15.9 Å². The Morgan fingerprint density at radius 2 is 1.84 bits per heavy atom. The number of rotatable bonds is 5. The fourth-order valence-corrected chi connectivity index (χ4v) is 3.21. The van der Waals surface area contributed by atoms with Crippen molar-refractivity contribution in [1.82, 2.24) is 9.55 Å². The predicted octanol–water partition coefficient (Wildman–Crippen LogP) is 3.73. The normalized spacial score (nSPS) is 10.9. The Bertz CT molecular complexity index is 982. The Kier molecular flexibility index (Phi) is 5.08. The summed E-state index contributed by atoms with van der Waals surface area (Å²) in [5, 5.41) is 0.618. The molecule has 0 radical (unpaired) electrons. The Hall–Kier alpha value is -2.34. The van der Waals surface area contributed by atoms with Crippen LogP contribution in [0.5, 0.6) is 11.5 Å².